The molecule has 0 fully saturated rings. The lowest BCUT2D eigenvalue weighted by molar-refractivity contribution is 0.0698. The highest BCUT2D eigenvalue weighted by atomic mass is 35.5. The molecule has 0 unspecified atom stereocenters. The van der Waals surface area contributed by atoms with Crippen molar-refractivity contribution in [3.63, 3.8) is 0 Å². The summed E-state index contributed by atoms with van der Waals surface area (Å²) < 4.78 is 0. The SMILES string of the molecule is O=C(O)c1ccccc1N=Cc1cc(N=Nc2ccccc2Cl)ccc1O. The number of carbonyl (C=O) groups is 1. The molecule has 7 heteroatoms. The lowest BCUT2D eigenvalue weighted by Gasteiger charge is -2.02. The van der Waals surface area contributed by atoms with Crippen molar-refractivity contribution in [2.75, 3.05) is 0 Å². The average molecular weight is 380 g/mol. The summed E-state index contributed by atoms with van der Waals surface area (Å²) in [7, 11) is 0. The van der Waals surface area contributed by atoms with Crippen LogP contribution in [0.4, 0.5) is 17.1 Å². The van der Waals surface area contributed by atoms with Gasteiger partial charge in [0.1, 0.15) is 11.4 Å². The van der Waals surface area contributed by atoms with Gasteiger partial charge in [-0.05, 0) is 42.5 Å². The van der Waals surface area contributed by atoms with Crippen LogP contribution in [-0.2, 0) is 0 Å². The summed E-state index contributed by atoms with van der Waals surface area (Å²) in [5, 5.41) is 27.9. The molecule has 0 aliphatic rings. The molecule has 0 saturated heterocycles. The average Bonchev–Trinajstić information content (AvgIpc) is 2.67. The van der Waals surface area contributed by atoms with Crippen LogP contribution in [0.15, 0.2) is 82.0 Å². The number of carboxylic acid groups (broad SMARTS) is 1. The number of carboxylic acids is 1. The van der Waals surface area contributed by atoms with Gasteiger partial charge in [0.05, 0.1) is 22.0 Å². The van der Waals surface area contributed by atoms with Gasteiger partial charge in [-0.25, -0.2) is 4.79 Å². The van der Waals surface area contributed by atoms with E-state index in [-0.39, 0.29) is 17.0 Å². The van der Waals surface area contributed by atoms with Crippen molar-refractivity contribution in [3.8, 4) is 5.75 Å². The van der Waals surface area contributed by atoms with Crippen molar-refractivity contribution in [3.05, 3.63) is 82.9 Å². The van der Waals surface area contributed by atoms with Crippen LogP contribution in [0.5, 0.6) is 5.75 Å². The molecular weight excluding hydrogens is 366 g/mol. The van der Waals surface area contributed by atoms with E-state index in [9.17, 15) is 15.0 Å². The van der Waals surface area contributed by atoms with Crippen LogP contribution in [0, 0.1) is 0 Å². The third-order valence-corrected chi connectivity index (χ3v) is 3.93. The van der Waals surface area contributed by atoms with Crippen LogP contribution in [0.2, 0.25) is 5.02 Å². The van der Waals surface area contributed by atoms with Crippen molar-refractivity contribution >= 4 is 40.8 Å². The summed E-state index contributed by atoms with van der Waals surface area (Å²) in [5.74, 6) is -1.09. The predicted octanol–water partition coefficient (Wildman–Crippen LogP) is 5.91. The zero-order valence-electron chi connectivity index (χ0n) is 14.0. The Morgan fingerprint density at radius 3 is 2.37 bits per heavy atom. The van der Waals surface area contributed by atoms with Crippen LogP contribution < -0.4 is 0 Å². The van der Waals surface area contributed by atoms with E-state index in [2.05, 4.69) is 15.2 Å². The maximum Gasteiger partial charge on any atom is 0.337 e. The molecule has 3 aromatic rings. The van der Waals surface area contributed by atoms with Crippen LogP contribution in [0.3, 0.4) is 0 Å². The predicted molar refractivity (Wildman–Crippen MR) is 104 cm³/mol. The molecule has 0 amide bonds. The van der Waals surface area contributed by atoms with Gasteiger partial charge >= 0.3 is 5.97 Å². The maximum absolute atomic E-state index is 11.2. The number of benzene rings is 3. The van der Waals surface area contributed by atoms with E-state index in [0.717, 1.165) is 0 Å². The summed E-state index contributed by atoms with van der Waals surface area (Å²) in [5.41, 5.74) is 1.75. The topological polar surface area (TPSA) is 94.6 Å². The Kier molecular flexibility index (Phi) is 5.58. The molecule has 3 aromatic carbocycles. The second-order valence-electron chi connectivity index (χ2n) is 5.48. The fraction of sp³-hybridized carbons (Fsp3) is 0. The van der Waals surface area contributed by atoms with Gasteiger partial charge in [-0.15, -0.1) is 5.11 Å². The Balaban J connectivity index is 1.88. The third kappa shape index (κ3) is 4.56. The van der Waals surface area contributed by atoms with Crippen LogP contribution in [0.1, 0.15) is 15.9 Å². The first kappa shape index (κ1) is 18.3. The number of rotatable bonds is 5. The molecule has 0 aliphatic carbocycles. The van der Waals surface area contributed by atoms with E-state index in [0.29, 0.717) is 22.0 Å². The molecule has 0 spiro atoms. The lowest BCUT2D eigenvalue weighted by atomic mass is 10.1. The first-order chi connectivity index (χ1) is 13.0. The van der Waals surface area contributed by atoms with E-state index >= 15 is 0 Å². The zero-order valence-corrected chi connectivity index (χ0v) is 14.7. The number of azo groups is 1. The molecule has 0 heterocycles. The molecule has 134 valence electrons. The minimum atomic E-state index is -1.07. The number of halogens is 1. The van der Waals surface area contributed by atoms with Crippen LogP contribution in [-0.4, -0.2) is 22.4 Å². The van der Waals surface area contributed by atoms with Crippen molar-refractivity contribution in [1.29, 1.82) is 0 Å². The summed E-state index contributed by atoms with van der Waals surface area (Å²) in [4.78, 5) is 15.4. The molecule has 0 aliphatic heterocycles. The van der Waals surface area contributed by atoms with Crippen molar-refractivity contribution in [1.82, 2.24) is 0 Å². The first-order valence-corrected chi connectivity index (χ1v) is 8.28. The molecule has 0 bridgehead atoms. The largest absolute Gasteiger partial charge is 0.507 e. The quantitative estimate of drug-likeness (QED) is 0.426. The number of para-hydroxylation sites is 1. The van der Waals surface area contributed by atoms with Crippen molar-refractivity contribution < 1.29 is 15.0 Å². The molecule has 0 atom stereocenters. The number of hydrogen-bond acceptors (Lipinski definition) is 5. The Morgan fingerprint density at radius 2 is 1.63 bits per heavy atom. The molecular formula is C20H14ClN3O3. The summed E-state index contributed by atoms with van der Waals surface area (Å²) in [6.45, 7) is 0. The van der Waals surface area contributed by atoms with Crippen LogP contribution >= 0.6 is 11.6 Å². The van der Waals surface area contributed by atoms with Gasteiger partial charge in [0.2, 0.25) is 0 Å². The highest BCUT2D eigenvalue weighted by molar-refractivity contribution is 6.32. The number of hydrogen-bond donors (Lipinski definition) is 2. The molecule has 0 saturated carbocycles. The minimum Gasteiger partial charge on any atom is -0.507 e. The Hall–Kier alpha value is -3.51. The van der Waals surface area contributed by atoms with Crippen LogP contribution in [0.25, 0.3) is 0 Å². The lowest BCUT2D eigenvalue weighted by Crippen LogP contribution is -1.96. The number of aromatic carboxylic acids is 1. The second-order valence-corrected chi connectivity index (χ2v) is 5.88. The van der Waals surface area contributed by atoms with Gasteiger partial charge in [0.25, 0.3) is 0 Å². The highest BCUT2D eigenvalue weighted by Gasteiger charge is 2.08. The van der Waals surface area contributed by atoms with Crippen molar-refractivity contribution in [2.24, 2.45) is 15.2 Å². The summed E-state index contributed by atoms with van der Waals surface area (Å²) in [6.07, 6.45) is 1.38. The summed E-state index contributed by atoms with van der Waals surface area (Å²) >= 11 is 6.04. The third-order valence-electron chi connectivity index (χ3n) is 3.61. The van der Waals surface area contributed by atoms with Gasteiger partial charge in [-0.2, -0.15) is 5.11 Å². The Bertz CT molecular complexity index is 1050. The molecule has 6 nitrogen and oxygen atoms in total. The van der Waals surface area contributed by atoms with Gasteiger partial charge in [0.15, 0.2) is 0 Å². The minimum absolute atomic E-state index is 0.0109. The molecule has 3 rings (SSSR count). The Labute approximate surface area is 160 Å². The first-order valence-electron chi connectivity index (χ1n) is 7.90. The normalized spacial score (nSPS) is 11.3. The number of aliphatic imine (C=N–C) groups is 1. The molecule has 2 N–H and O–H groups in total. The molecule has 27 heavy (non-hydrogen) atoms. The summed E-state index contributed by atoms with van der Waals surface area (Å²) in [6, 6.07) is 18.0. The van der Waals surface area contributed by atoms with E-state index in [4.69, 9.17) is 11.6 Å². The van der Waals surface area contributed by atoms with Crippen molar-refractivity contribution in [2.45, 2.75) is 0 Å². The van der Waals surface area contributed by atoms with Gasteiger partial charge < -0.3 is 10.2 Å². The smallest absolute Gasteiger partial charge is 0.337 e. The fourth-order valence-electron chi connectivity index (χ4n) is 2.26. The molecule has 0 aromatic heterocycles. The number of aromatic hydroxyl groups is 1. The second kappa shape index (κ2) is 8.25. The number of nitrogens with zero attached hydrogens (tertiary/aromatic N) is 3. The van der Waals surface area contributed by atoms with E-state index < -0.39 is 5.97 Å². The monoisotopic (exact) mass is 379 g/mol. The van der Waals surface area contributed by atoms with Gasteiger partial charge in [0, 0.05) is 11.8 Å². The van der Waals surface area contributed by atoms with E-state index in [1.807, 2.05) is 0 Å². The number of phenolic OH excluding ortho intramolecular Hbond substituents is 1. The van der Waals surface area contributed by atoms with Gasteiger partial charge in [-0.1, -0.05) is 35.9 Å². The van der Waals surface area contributed by atoms with E-state index in [1.165, 1.54) is 18.3 Å². The Morgan fingerprint density at radius 1 is 0.926 bits per heavy atom. The zero-order chi connectivity index (χ0) is 19.2. The fourth-order valence-corrected chi connectivity index (χ4v) is 2.43. The number of phenols is 1. The standard InChI is InChI=1S/C20H14ClN3O3/c21-16-6-2-4-8-18(16)24-23-14-9-10-19(25)13(11-14)12-22-17-7-3-1-5-15(17)20(26)27/h1-12,25H,(H,26,27). The molecule has 0 radical (unpaired) electrons. The van der Waals surface area contributed by atoms with E-state index in [1.54, 1.807) is 54.6 Å². The van der Waals surface area contributed by atoms with Gasteiger partial charge in [-0.3, -0.25) is 4.99 Å². The highest BCUT2D eigenvalue weighted by Crippen LogP contribution is 2.28. The maximum atomic E-state index is 11.2.